The van der Waals surface area contributed by atoms with Crippen LogP contribution in [-0.2, 0) is 4.74 Å². The van der Waals surface area contributed by atoms with E-state index in [0.29, 0.717) is 48.2 Å². The number of nitrogens with two attached hydrogens (primary N) is 1. The van der Waals surface area contributed by atoms with Crippen molar-refractivity contribution in [1.82, 2.24) is 5.32 Å². The smallest absolute Gasteiger partial charge is 0.193 e. The van der Waals surface area contributed by atoms with Crippen LogP contribution in [-0.4, -0.2) is 37.7 Å². The minimum atomic E-state index is -0.629. The van der Waals surface area contributed by atoms with E-state index in [1.54, 1.807) is 48.5 Å². The topological polar surface area (TPSA) is 73.6 Å². The molecule has 0 radical (unpaired) electrons. The molecule has 0 saturated carbocycles. The average molecular weight is 433 g/mol. The lowest BCUT2D eigenvalue weighted by Gasteiger charge is -2.29. The van der Waals surface area contributed by atoms with E-state index < -0.39 is 5.60 Å². The predicted octanol–water partition coefficient (Wildman–Crippen LogP) is 4.83. The highest BCUT2D eigenvalue weighted by molar-refractivity contribution is 6.30. The lowest BCUT2D eigenvalue weighted by atomic mass is 10.0. The Morgan fingerprint density at radius 2 is 1.57 bits per heavy atom. The molecule has 0 aromatic heterocycles. The SMILES string of the molecule is C=C(NCCOCCN)C(C)(C)Oc1ccc(C(=O)c2ccc(Cl)cc2)cc1.CC. The highest BCUT2D eigenvalue weighted by Crippen LogP contribution is 2.24. The van der Waals surface area contributed by atoms with Crippen molar-refractivity contribution in [1.29, 1.82) is 0 Å². The molecule has 0 aliphatic carbocycles. The second kappa shape index (κ2) is 13.1. The fourth-order valence-electron chi connectivity index (χ4n) is 2.47. The summed E-state index contributed by atoms with van der Waals surface area (Å²) in [7, 11) is 0. The third kappa shape index (κ3) is 8.19. The van der Waals surface area contributed by atoms with Crippen molar-refractivity contribution in [3.05, 3.63) is 77.0 Å². The maximum absolute atomic E-state index is 12.5. The van der Waals surface area contributed by atoms with Crippen molar-refractivity contribution < 1.29 is 14.3 Å². The van der Waals surface area contributed by atoms with Crippen molar-refractivity contribution in [2.75, 3.05) is 26.3 Å². The number of hydrogen-bond donors (Lipinski definition) is 2. The van der Waals surface area contributed by atoms with Gasteiger partial charge in [-0.25, -0.2) is 0 Å². The molecule has 2 aromatic carbocycles. The third-order valence-electron chi connectivity index (χ3n) is 4.17. The fourth-order valence-corrected chi connectivity index (χ4v) is 2.60. The van der Waals surface area contributed by atoms with Crippen LogP contribution >= 0.6 is 11.6 Å². The second-order valence-electron chi connectivity index (χ2n) is 6.78. The molecule has 0 amide bonds. The molecule has 0 heterocycles. The molecule has 30 heavy (non-hydrogen) atoms. The number of hydrogen-bond acceptors (Lipinski definition) is 5. The van der Waals surface area contributed by atoms with Gasteiger partial charge >= 0.3 is 0 Å². The number of ether oxygens (including phenoxy) is 2. The average Bonchev–Trinajstić information content (AvgIpc) is 2.75. The van der Waals surface area contributed by atoms with Crippen LogP contribution in [0, 0.1) is 0 Å². The Hall–Kier alpha value is -2.34. The molecule has 164 valence electrons. The van der Waals surface area contributed by atoms with Gasteiger partial charge in [0.2, 0.25) is 0 Å². The molecule has 2 aromatic rings. The number of benzene rings is 2. The minimum Gasteiger partial charge on any atom is -0.482 e. The molecule has 0 aliphatic heterocycles. The van der Waals surface area contributed by atoms with Gasteiger partial charge < -0.3 is 20.5 Å². The van der Waals surface area contributed by atoms with Gasteiger partial charge in [0.15, 0.2) is 5.78 Å². The molecular weight excluding hydrogens is 400 g/mol. The van der Waals surface area contributed by atoms with Gasteiger partial charge in [-0.3, -0.25) is 4.79 Å². The molecule has 5 nitrogen and oxygen atoms in total. The summed E-state index contributed by atoms with van der Waals surface area (Å²) in [6, 6.07) is 13.9. The van der Waals surface area contributed by atoms with Crippen LogP contribution in [0.5, 0.6) is 5.75 Å². The summed E-state index contributed by atoms with van der Waals surface area (Å²) in [5, 5.41) is 3.81. The summed E-state index contributed by atoms with van der Waals surface area (Å²) >= 11 is 5.87. The number of rotatable bonds is 11. The molecular formula is C24H33ClN2O3. The molecule has 0 unspecified atom stereocenters. The summed E-state index contributed by atoms with van der Waals surface area (Å²) in [6.07, 6.45) is 0. The second-order valence-corrected chi connectivity index (χ2v) is 7.22. The number of ketones is 1. The van der Waals surface area contributed by atoms with E-state index in [-0.39, 0.29) is 5.78 Å². The van der Waals surface area contributed by atoms with Gasteiger partial charge in [-0.15, -0.1) is 0 Å². The van der Waals surface area contributed by atoms with E-state index in [4.69, 9.17) is 26.8 Å². The zero-order chi connectivity index (χ0) is 22.6. The quantitative estimate of drug-likeness (QED) is 0.393. The summed E-state index contributed by atoms with van der Waals surface area (Å²) < 4.78 is 11.4. The summed E-state index contributed by atoms with van der Waals surface area (Å²) in [4.78, 5) is 12.5. The van der Waals surface area contributed by atoms with Gasteiger partial charge in [0, 0.05) is 34.9 Å². The third-order valence-corrected chi connectivity index (χ3v) is 4.42. The van der Waals surface area contributed by atoms with Gasteiger partial charge in [0.25, 0.3) is 0 Å². The zero-order valence-electron chi connectivity index (χ0n) is 18.3. The van der Waals surface area contributed by atoms with E-state index in [1.807, 2.05) is 27.7 Å². The van der Waals surface area contributed by atoms with Crippen molar-refractivity contribution in [2.45, 2.75) is 33.3 Å². The van der Waals surface area contributed by atoms with Crippen LogP contribution in [0.25, 0.3) is 0 Å². The molecule has 0 fully saturated rings. The Kier molecular flexibility index (Phi) is 11.2. The van der Waals surface area contributed by atoms with E-state index in [0.717, 1.165) is 5.70 Å². The normalized spacial score (nSPS) is 10.6. The van der Waals surface area contributed by atoms with Crippen LogP contribution < -0.4 is 15.8 Å². The molecule has 0 bridgehead atoms. The maximum atomic E-state index is 12.5. The fraction of sp³-hybridized carbons (Fsp3) is 0.375. The van der Waals surface area contributed by atoms with E-state index in [2.05, 4.69) is 11.9 Å². The van der Waals surface area contributed by atoms with Gasteiger partial charge in [-0.05, 0) is 62.4 Å². The number of halogens is 1. The number of carbonyl (C=O) groups excluding carboxylic acids is 1. The van der Waals surface area contributed by atoms with E-state index >= 15 is 0 Å². The van der Waals surface area contributed by atoms with Crippen molar-refractivity contribution in [2.24, 2.45) is 5.73 Å². The van der Waals surface area contributed by atoms with Gasteiger partial charge in [0.05, 0.1) is 13.2 Å². The van der Waals surface area contributed by atoms with E-state index in [1.165, 1.54) is 0 Å². The van der Waals surface area contributed by atoms with Crippen LogP contribution in [0.1, 0.15) is 43.6 Å². The standard InChI is InChI=1S/C22H27ClN2O3.C2H6/c1-16(25-13-15-27-14-12-24)22(2,3)28-20-10-6-18(7-11-20)21(26)17-4-8-19(23)9-5-17;1-2/h4-11,25H,1,12-15,24H2,2-3H3;1-2H3. The molecule has 2 rings (SSSR count). The van der Waals surface area contributed by atoms with Crippen molar-refractivity contribution in [3.63, 3.8) is 0 Å². The van der Waals surface area contributed by atoms with Crippen molar-refractivity contribution in [3.8, 4) is 5.75 Å². The highest BCUT2D eigenvalue weighted by atomic mass is 35.5. The summed E-state index contributed by atoms with van der Waals surface area (Å²) in [5.41, 5.74) is 6.67. The maximum Gasteiger partial charge on any atom is 0.193 e. The Balaban J connectivity index is 0.00000218. The number of carbonyl (C=O) groups is 1. The van der Waals surface area contributed by atoms with Crippen LogP contribution in [0.4, 0.5) is 0 Å². The first kappa shape index (κ1) is 25.7. The van der Waals surface area contributed by atoms with Gasteiger partial charge in [0.1, 0.15) is 11.4 Å². The van der Waals surface area contributed by atoms with E-state index in [9.17, 15) is 4.79 Å². The first-order chi connectivity index (χ1) is 14.3. The van der Waals surface area contributed by atoms with Crippen molar-refractivity contribution >= 4 is 17.4 Å². The molecule has 0 spiro atoms. The van der Waals surface area contributed by atoms with Gasteiger partial charge in [-0.2, -0.15) is 0 Å². The summed E-state index contributed by atoms with van der Waals surface area (Å²) in [6.45, 7) is 14.1. The monoisotopic (exact) mass is 432 g/mol. The Morgan fingerprint density at radius 3 is 2.10 bits per heavy atom. The summed E-state index contributed by atoms with van der Waals surface area (Å²) in [5.74, 6) is 0.589. The lowest BCUT2D eigenvalue weighted by molar-refractivity contribution is 0.103. The first-order valence-electron chi connectivity index (χ1n) is 10.1. The highest BCUT2D eigenvalue weighted by Gasteiger charge is 2.24. The first-order valence-corrected chi connectivity index (χ1v) is 10.5. The Bertz CT molecular complexity index is 787. The van der Waals surface area contributed by atoms with Gasteiger partial charge in [-0.1, -0.05) is 32.0 Å². The lowest BCUT2D eigenvalue weighted by Crippen LogP contribution is -2.38. The van der Waals surface area contributed by atoms with Crippen LogP contribution in [0.3, 0.4) is 0 Å². The predicted molar refractivity (Wildman–Crippen MR) is 124 cm³/mol. The van der Waals surface area contributed by atoms with Crippen LogP contribution in [0.2, 0.25) is 5.02 Å². The Morgan fingerprint density at radius 1 is 1.03 bits per heavy atom. The Labute approximate surface area is 185 Å². The van der Waals surface area contributed by atoms with Crippen LogP contribution in [0.15, 0.2) is 60.8 Å². The molecule has 3 N–H and O–H groups in total. The number of nitrogens with one attached hydrogen (secondary N) is 1. The zero-order valence-corrected chi connectivity index (χ0v) is 19.1. The minimum absolute atomic E-state index is 0.0639. The molecule has 6 heteroatoms. The largest absolute Gasteiger partial charge is 0.482 e. The molecule has 0 aliphatic rings. The molecule has 0 atom stereocenters. The molecule has 0 saturated heterocycles.